The maximum Gasteiger partial charge on any atom is 0.315 e. The van der Waals surface area contributed by atoms with Gasteiger partial charge in [-0.3, -0.25) is 4.79 Å². The van der Waals surface area contributed by atoms with Crippen LogP contribution in [0.3, 0.4) is 0 Å². The van der Waals surface area contributed by atoms with Gasteiger partial charge in [-0.1, -0.05) is 54.6 Å². The third kappa shape index (κ3) is 4.53. The minimum absolute atomic E-state index is 0.0166. The number of esters is 1. The van der Waals surface area contributed by atoms with Crippen molar-refractivity contribution in [2.75, 3.05) is 14.2 Å². The van der Waals surface area contributed by atoms with E-state index in [0.29, 0.717) is 28.6 Å². The molecule has 0 aliphatic carbocycles. The van der Waals surface area contributed by atoms with Crippen molar-refractivity contribution in [2.24, 2.45) is 5.73 Å². The number of nitriles is 1. The van der Waals surface area contributed by atoms with Gasteiger partial charge in [-0.25, -0.2) is 0 Å². The lowest BCUT2D eigenvalue weighted by molar-refractivity contribution is -0.133. The zero-order chi connectivity index (χ0) is 25.9. The summed E-state index contributed by atoms with van der Waals surface area (Å²) in [6, 6.07) is 26.4. The number of carbonyl (C=O) groups is 1. The fourth-order valence-corrected chi connectivity index (χ4v) is 4.65. The highest BCUT2D eigenvalue weighted by Gasteiger charge is 2.33. The molecule has 0 bridgehead atoms. The molecule has 1 atom stereocenters. The van der Waals surface area contributed by atoms with Crippen LogP contribution in [0.1, 0.15) is 22.6 Å². The molecule has 5 rings (SSSR count). The summed E-state index contributed by atoms with van der Waals surface area (Å²) in [6.45, 7) is 0. The van der Waals surface area contributed by atoms with Crippen LogP contribution in [-0.2, 0) is 11.2 Å². The molecule has 184 valence electrons. The van der Waals surface area contributed by atoms with Crippen LogP contribution in [0.4, 0.5) is 0 Å². The highest BCUT2D eigenvalue weighted by molar-refractivity contribution is 5.89. The van der Waals surface area contributed by atoms with Crippen LogP contribution in [0, 0.1) is 11.3 Å². The third-order valence-corrected chi connectivity index (χ3v) is 6.39. The molecule has 1 unspecified atom stereocenters. The van der Waals surface area contributed by atoms with Crippen molar-refractivity contribution in [3.8, 4) is 29.1 Å². The van der Waals surface area contributed by atoms with Gasteiger partial charge in [-0.05, 0) is 28.5 Å². The molecule has 1 heterocycles. The summed E-state index contributed by atoms with van der Waals surface area (Å²) in [4.78, 5) is 12.8. The number of methoxy groups -OCH3 is 2. The predicted octanol–water partition coefficient (Wildman–Crippen LogP) is 5.22. The van der Waals surface area contributed by atoms with E-state index in [1.807, 2.05) is 48.5 Å². The maximum absolute atomic E-state index is 12.8. The lowest BCUT2D eigenvalue weighted by Crippen LogP contribution is -2.21. The molecule has 0 spiro atoms. The molecule has 37 heavy (non-hydrogen) atoms. The number of benzene rings is 4. The van der Waals surface area contributed by atoms with Crippen LogP contribution >= 0.6 is 0 Å². The molecule has 1 aliphatic rings. The van der Waals surface area contributed by atoms with Gasteiger partial charge in [0.15, 0.2) is 0 Å². The number of nitrogens with two attached hydrogens (primary N) is 1. The second kappa shape index (κ2) is 9.96. The number of rotatable bonds is 6. The first kappa shape index (κ1) is 23.8. The fourth-order valence-electron chi connectivity index (χ4n) is 4.65. The summed E-state index contributed by atoms with van der Waals surface area (Å²) in [6.07, 6.45) is 0.117. The standard InChI is InChI=1S/C30H24N2O5/c1-34-20-10-12-23(26(15-20)35-2)29-24-13-11-21(16-27(24)37-30(32)25(29)17-31)36-28(33)14-19-8-5-7-18-6-3-4-9-22(18)19/h3-13,15-16,29H,14,32H2,1-2H3. The summed E-state index contributed by atoms with van der Waals surface area (Å²) in [7, 11) is 3.12. The molecule has 0 amide bonds. The van der Waals surface area contributed by atoms with E-state index >= 15 is 0 Å². The van der Waals surface area contributed by atoms with E-state index in [0.717, 1.165) is 21.9 Å². The Labute approximate surface area is 214 Å². The Morgan fingerprint density at radius 3 is 2.49 bits per heavy atom. The Kier molecular flexibility index (Phi) is 6.40. The molecular weight excluding hydrogens is 468 g/mol. The van der Waals surface area contributed by atoms with Crippen LogP contribution in [-0.4, -0.2) is 20.2 Å². The van der Waals surface area contributed by atoms with E-state index in [-0.39, 0.29) is 17.9 Å². The molecule has 0 aromatic heterocycles. The average Bonchev–Trinajstić information content (AvgIpc) is 2.92. The van der Waals surface area contributed by atoms with E-state index in [1.165, 1.54) is 0 Å². The maximum atomic E-state index is 12.8. The van der Waals surface area contributed by atoms with Gasteiger partial charge in [0.1, 0.15) is 34.6 Å². The molecular formula is C30H24N2O5. The van der Waals surface area contributed by atoms with Gasteiger partial charge in [0, 0.05) is 23.3 Å². The van der Waals surface area contributed by atoms with Crippen LogP contribution < -0.4 is 24.7 Å². The van der Waals surface area contributed by atoms with Crippen molar-refractivity contribution >= 4 is 16.7 Å². The van der Waals surface area contributed by atoms with E-state index in [1.54, 1.807) is 44.6 Å². The minimum atomic E-state index is -0.532. The number of fused-ring (bicyclic) bond motifs is 2. The fraction of sp³-hybridized carbons (Fsp3) is 0.133. The van der Waals surface area contributed by atoms with Crippen molar-refractivity contribution in [2.45, 2.75) is 12.3 Å². The average molecular weight is 493 g/mol. The third-order valence-electron chi connectivity index (χ3n) is 6.39. The highest BCUT2D eigenvalue weighted by atomic mass is 16.5. The Hall–Kier alpha value is -4.96. The zero-order valence-corrected chi connectivity index (χ0v) is 20.4. The van der Waals surface area contributed by atoms with Gasteiger partial charge in [0.25, 0.3) is 0 Å². The number of carbonyl (C=O) groups excluding carboxylic acids is 1. The summed E-state index contributed by atoms with van der Waals surface area (Å²) < 4.78 is 22.3. The van der Waals surface area contributed by atoms with Crippen LogP contribution in [0.15, 0.2) is 90.3 Å². The Balaban J connectivity index is 1.45. The minimum Gasteiger partial charge on any atom is -0.497 e. The Morgan fingerprint density at radius 1 is 0.946 bits per heavy atom. The van der Waals surface area contributed by atoms with E-state index in [9.17, 15) is 10.1 Å². The number of nitrogens with zero attached hydrogens (tertiary/aromatic N) is 1. The largest absolute Gasteiger partial charge is 0.497 e. The van der Waals surface area contributed by atoms with Crippen LogP contribution in [0.2, 0.25) is 0 Å². The Bertz CT molecular complexity index is 1580. The molecule has 2 N–H and O–H groups in total. The SMILES string of the molecule is COc1ccc(C2C(C#N)=C(N)Oc3cc(OC(=O)Cc4cccc5ccccc45)ccc32)c(OC)c1. The van der Waals surface area contributed by atoms with Crippen molar-refractivity contribution in [3.63, 3.8) is 0 Å². The molecule has 0 radical (unpaired) electrons. The first-order valence-electron chi connectivity index (χ1n) is 11.6. The van der Waals surface area contributed by atoms with E-state index in [2.05, 4.69) is 6.07 Å². The van der Waals surface area contributed by atoms with Gasteiger partial charge in [-0.15, -0.1) is 0 Å². The monoisotopic (exact) mass is 492 g/mol. The van der Waals surface area contributed by atoms with Gasteiger partial charge in [0.2, 0.25) is 5.88 Å². The first-order valence-corrected chi connectivity index (χ1v) is 11.6. The smallest absolute Gasteiger partial charge is 0.315 e. The highest BCUT2D eigenvalue weighted by Crippen LogP contribution is 2.46. The molecule has 0 saturated carbocycles. The molecule has 7 nitrogen and oxygen atoms in total. The Morgan fingerprint density at radius 2 is 1.70 bits per heavy atom. The van der Waals surface area contributed by atoms with Crippen molar-refractivity contribution < 1.29 is 23.7 Å². The molecule has 7 heteroatoms. The van der Waals surface area contributed by atoms with Gasteiger partial charge >= 0.3 is 5.97 Å². The zero-order valence-electron chi connectivity index (χ0n) is 20.4. The first-order chi connectivity index (χ1) is 18.0. The van der Waals surface area contributed by atoms with E-state index < -0.39 is 11.9 Å². The lowest BCUT2D eigenvalue weighted by atomic mass is 9.83. The summed E-state index contributed by atoms with van der Waals surface area (Å²) in [5.41, 5.74) is 8.72. The number of hydrogen-bond acceptors (Lipinski definition) is 7. The molecule has 4 aromatic carbocycles. The number of ether oxygens (including phenoxy) is 4. The topological polar surface area (TPSA) is 104 Å². The second-order valence-electron chi connectivity index (χ2n) is 8.52. The van der Waals surface area contributed by atoms with Gasteiger partial charge in [-0.2, -0.15) is 5.26 Å². The summed E-state index contributed by atoms with van der Waals surface area (Å²) >= 11 is 0. The molecule has 1 aliphatic heterocycles. The number of hydrogen-bond donors (Lipinski definition) is 1. The van der Waals surface area contributed by atoms with Gasteiger partial charge in [0.05, 0.1) is 26.6 Å². The van der Waals surface area contributed by atoms with Crippen molar-refractivity contribution in [3.05, 3.63) is 107 Å². The van der Waals surface area contributed by atoms with Crippen LogP contribution in [0.25, 0.3) is 10.8 Å². The normalized spacial score (nSPS) is 14.4. The summed E-state index contributed by atoms with van der Waals surface area (Å²) in [5.74, 6) is 0.932. The molecule has 0 saturated heterocycles. The van der Waals surface area contributed by atoms with Crippen LogP contribution in [0.5, 0.6) is 23.0 Å². The van der Waals surface area contributed by atoms with Gasteiger partial charge < -0.3 is 24.7 Å². The van der Waals surface area contributed by atoms with Crippen molar-refractivity contribution in [1.29, 1.82) is 5.26 Å². The quantitative estimate of drug-likeness (QED) is 0.291. The molecule has 0 fully saturated rings. The summed E-state index contributed by atoms with van der Waals surface area (Å²) in [5, 5.41) is 11.9. The second-order valence-corrected chi connectivity index (χ2v) is 8.52. The van der Waals surface area contributed by atoms with Crippen molar-refractivity contribution in [1.82, 2.24) is 0 Å². The van der Waals surface area contributed by atoms with E-state index in [4.69, 9.17) is 24.7 Å². The lowest BCUT2D eigenvalue weighted by Gasteiger charge is -2.27. The molecule has 4 aromatic rings. The predicted molar refractivity (Wildman–Crippen MR) is 139 cm³/mol. The number of allylic oxidation sites excluding steroid dienone is 1.